The number of thioether (sulfide) groups is 1. The summed E-state index contributed by atoms with van der Waals surface area (Å²) in [6.45, 7) is 1.85. The molecule has 0 saturated carbocycles. The summed E-state index contributed by atoms with van der Waals surface area (Å²) >= 11 is 3.04. The Morgan fingerprint density at radius 3 is 3.25 bits per heavy atom. The van der Waals surface area contributed by atoms with E-state index in [4.69, 9.17) is 9.84 Å². The number of aliphatic hydroxyl groups is 1. The summed E-state index contributed by atoms with van der Waals surface area (Å²) in [6, 6.07) is 0. The highest BCUT2D eigenvalue weighted by Gasteiger charge is 2.15. The lowest BCUT2D eigenvalue weighted by Gasteiger charge is -2.08. The Hall–Kier alpha value is -0.370. The van der Waals surface area contributed by atoms with E-state index in [1.54, 1.807) is 0 Å². The standard InChI is InChI=1S/C9H15N3O2S2/c13-3-5-15-9-12-11-8(16-9)10-6-7-2-1-4-14-7/h7,13H,1-6H2,(H,10,11). The van der Waals surface area contributed by atoms with Gasteiger partial charge in [0.2, 0.25) is 5.13 Å². The van der Waals surface area contributed by atoms with E-state index in [0.717, 1.165) is 35.5 Å². The van der Waals surface area contributed by atoms with Gasteiger partial charge in [0.05, 0.1) is 12.7 Å². The average Bonchev–Trinajstić information content (AvgIpc) is 2.95. The Morgan fingerprint density at radius 2 is 2.50 bits per heavy atom. The lowest BCUT2D eigenvalue weighted by molar-refractivity contribution is 0.120. The maximum Gasteiger partial charge on any atom is 0.206 e. The second-order valence-corrected chi connectivity index (χ2v) is 5.78. The van der Waals surface area contributed by atoms with Crippen LogP contribution >= 0.6 is 23.1 Å². The fourth-order valence-electron chi connectivity index (χ4n) is 1.48. The van der Waals surface area contributed by atoms with Crippen molar-refractivity contribution in [1.29, 1.82) is 0 Å². The Labute approximate surface area is 103 Å². The van der Waals surface area contributed by atoms with Gasteiger partial charge in [-0.3, -0.25) is 0 Å². The van der Waals surface area contributed by atoms with Crippen molar-refractivity contribution in [2.24, 2.45) is 0 Å². The molecule has 0 aliphatic carbocycles. The lowest BCUT2D eigenvalue weighted by Crippen LogP contribution is -2.18. The molecule has 1 aliphatic heterocycles. The predicted molar refractivity (Wildman–Crippen MR) is 65.2 cm³/mol. The summed E-state index contributed by atoms with van der Waals surface area (Å²) in [7, 11) is 0. The number of hydrogen-bond acceptors (Lipinski definition) is 7. The van der Waals surface area contributed by atoms with Crippen molar-refractivity contribution in [3.63, 3.8) is 0 Å². The first-order valence-corrected chi connectivity index (χ1v) is 7.11. The van der Waals surface area contributed by atoms with Gasteiger partial charge in [-0.05, 0) is 12.8 Å². The first-order chi connectivity index (χ1) is 7.88. The molecule has 0 bridgehead atoms. The number of ether oxygens (including phenoxy) is 1. The van der Waals surface area contributed by atoms with Gasteiger partial charge in [-0.1, -0.05) is 23.1 Å². The van der Waals surface area contributed by atoms with E-state index in [1.807, 2.05) is 0 Å². The fourth-order valence-corrected chi connectivity index (χ4v) is 3.05. The largest absolute Gasteiger partial charge is 0.396 e. The van der Waals surface area contributed by atoms with Crippen LogP contribution in [-0.4, -0.2) is 46.9 Å². The van der Waals surface area contributed by atoms with Crippen molar-refractivity contribution in [3.05, 3.63) is 0 Å². The lowest BCUT2D eigenvalue weighted by atomic mass is 10.2. The van der Waals surface area contributed by atoms with Gasteiger partial charge in [-0.15, -0.1) is 10.2 Å². The van der Waals surface area contributed by atoms with E-state index in [-0.39, 0.29) is 6.61 Å². The highest BCUT2D eigenvalue weighted by molar-refractivity contribution is 8.01. The van der Waals surface area contributed by atoms with Crippen LogP contribution < -0.4 is 5.32 Å². The van der Waals surface area contributed by atoms with Crippen LogP contribution in [0.3, 0.4) is 0 Å². The molecule has 1 fully saturated rings. The molecule has 2 heterocycles. The van der Waals surface area contributed by atoms with Crippen molar-refractivity contribution >= 4 is 28.2 Å². The van der Waals surface area contributed by atoms with Gasteiger partial charge in [0, 0.05) is 18.9 Å². The van der Waals surface area contributed by atoms with E-state index in [2.05, 4.69) is 15.5 Å². The van der Waals surface area contributed by atoms with E-state index in [0.29, 0.717) is 11.9 Å². The van der Waals surface area contributed by atoms with Gasteiger partial charge in [-0.2, -0.15) is 0 Å². The molecule has 1 aromatic heterocycles. The van der Waals surface area contributed by atoms with Gasteiger partial charge in [-0.25, -0.2) is 0 Å². The van der Waals surface area contributed by atoms with E-state index in [9.17, 15) is 0 Å². The minimum absolute atomic E-state index is 0.170. The summed E-state index contributed by atoms with van der Waals surface area (Å²) in [6.07, 6.45) is 2.59. The summed E-state index contributed by atoms with van der Waals surface area (Å²) in [5.74, 6) is 0.667. The maximum atomic E-state index is 8.68. The molecule has 1 saturated heterocycles. The molecule has 7 heteroatoms. The first-order valence-electron chi connectivity index (χ1n) is 5.31. The fraction of sp³-hybridized carbons (Fsp3) is 0.778. The molecule has 2 N–H and O–H groups in total. The van der Waals surface area contributed by atoms with Gasteiger partial charge >= 0.3 is 0 Å². The van der Waals surface area contributed by atoms with Crippen LogP contribution in [0.15, 0.2) is 4.34 Å². The van der Waals surface area contributed by atoms with Crippen LogP contribution in [0.25, 0.3) is 0 Å². The number of nitrogens with one attached hydrogen (secondary N) is 1. The zero-order valence-corrected chi connectivity index (χ0v) is 10.5. The average molecular weight is 261 g/mol. The minimum atomic E-state index is 0.170. The summed E-state index contributed by atoms with van der Waals surface area (Å²) in [4.78, 5) is 0. The first kappa shape index (κ1) is 12.1. The molecular weight excluding hydrogens is 246 g/mol. The number of rotatable bonds is 6. The summed E-state index contributed by atoms with van der Waals surface area (Å²) < 4.78 is 6.39. The van der Waals surface area contributed by atoms with Crippen LogP contribution in [0.1, 0.15) is 12.8 Å². The van der Waals surface area contributed by atoms with Crippen LogP contribution in [0.5, 0.6) is 0 Å². The third-order valence-corrected chi connectivity index (χ3v) is 4.22. The summed E-state index contributed by atoms with van der Waals surface area (Å²) in [5, 5.41) is 20.8. The molecule has 0 aromatic carbocycles. The maximum absolute atomic E-state index is 8.68. The molecular formula is C9H15N3O2S2. The highest BCUT2D eigenvalue weighted by atomic mass is 32.2. The minimum Gasteiger partial charge on any atom is -0.396 e. The van der Waals surface area contributed by atoms with Crippen LogP contribution in [-0.2, 0) is 4.74 Å². The van der Waals surface area contributed by atoms with Crippen molar-refractivity contribution in [3.8, 4) is 0 Å². The van der Waals surface area contributed by atoms with Crippen LogP contribution in [0.2, 0.25) is 0 Å². The Kier molecular flexibility index (Phi) is 4.83. The molecule has 0 spiro atoms. The number of aliphatic hydroxyl groups excluding tert-OH is 1. The zero-order valence-electron chi connectivity index (χ0n) is 8.89. The van der Waals surface area contributed by atoms with Crippen molar-refractivity contribution in [2.75, 3.05) is 30.8 Å². The molecule has 1 aromatic rings. The van der Waals surface area contributed by atoms with Crippen molar-refractivity contribution in [1.82, 2.24) is 10.2 Å². The van der Waals surface area contributed by atoms with Gasteiger partial charge < -0.3 is 15.2 Å². The number of hydrogen-bond donors (Lipinski definition) is 2. The Morgan fingerprint density at radius 1 is 1.56 bits per heavy atom. The van der Waals surface area contributed by atoms with Crippen molar-refractivity contribution in [2.45, 2.75) is 23.3 Å². The number of aromatic nitrogens is 2. The van der Waals surface area contributed by atoms with Crippen LogP contribution in [0, 0.1) is 0 Å². The normalized spacial score (nSPS) is 20.2. The second-order valence-electron chi connectivity index (χ2n) is 3.46. The molecule has 1 unspecified atom stereocenters. The van der Waals surface area contributed by atoms with Gasteiger partial charge in [0.25, 0.3) is 0 Å². The molecule has 16 heavy (non-hydrogen) atoms. The number of nitrogens with zero attached hydrogens (tertiary/aromatic N) is 2. The quantitative estimate of drug-likeness (QED) is 0.750. The molecule has 0 radical (unpaired) electrons. The molecule has 0 amide bonds. The zero-order chi connectivity index (χ0) is 11.2. The molecule has 2 rings (SSSR count). The van der Waals surface area contributed by atoms with Gasteiger partial charge in [0.1, 0.15) is 0 Å². The number of anilines is 1. The molecule has 1 atom stereocenters. The molecule has 1 aliphatic rings. The van der Waals surface area contributed by atoms with Crippen LogP contribution in [0.4, 0.5) is 5.13 Å². The Bertz CT molecular complexity index is 315. The SMILES string of the molecule is OCCSc1nnc(NCC2CCCO2)s1. The molecule has 90 valence electrons. The third kappa shape index (κ3) is 3.58. The topological polar surface area (TPSA) is 67.3 Å². The third-order valence-electron chi connectivity index (χ3n) is 2.23. The van der Waals surface area contributed by atoms with E-state index < -0.39 is 0 Å². The molecule has 5 nitrogen and oxygen atoms in total. The van der Waals surface area contributed by atoms with Crippen molar-refractivity contribution < 1.29 is 9.84 Å². The summed E-state index contributed by atoms with van der Waals surface area (Å²) in [5.41, 5.74) is 0. The Balaban J connectivity index is 1.73. The van der Waals surface area contributed by atoms with Gasteiger partial charge in [0.15, 0.2) is 4.34 Å². The van der Waals surface area contributed by atoms with E-state index in [1.165, 1.54) is 23.1 Å². The highest BCUT2D eigenvalue weighted by Crippen LogP contribution is 2.25. The van der Waals surface area contributed by atoms with E-state index >= 15 is 0 Å². The monoisotopic (exact) mass is 261 g/mol. The smallest absolute Gasteiger partial charge is 0.206 e. The second kappa shape index (κ2) is 6.39. The predicted octanol–water partition coefficient (Wildman–Crippen LogP) is 1.21.